The van der Waals surface area contributed by atoms with Crippen LogP contribution in [0.15, 0.2) is 58.7 Å². The normalized spacial score (nSPS) is 14.3. The number of nitrogens with zero attached hydrogens (tertiary/aromatic N) is 4. The number of azide groups is 1. The molecule has 1 rings (SSSR count). The molecule has 1 aliphatic heterocycles. The van der Waals surface area contributed by atoms with Gasteiger partial charge in [0, 0.05) is 23.6 Å². The van der Waals surface area contributed by atoms with Crippen molar-refractivity contribution in [1.82, 2.24) is 5.32 Å². The number of amidine groups is 1. The number of allylic oxidation sites excluding steroid dienone is 8. The van der Waals surface area contributed by atoms with E-state index in [0.29, 0.717) is 13.0 Å². The predicted octanol–water partition coefficient (Wildman–Crippen LogP) is 6.25. The summed E-state index contributed by atoms with van der Waals surface area (Å²) in [6.45, 7) is 1.41. The molecule has 7 heteroatoms. The average molecular weight is 416 g/mol. The molecule has 0 aliphatic carbocycles. The zero-order valence-electron chi connectivity index (χ0n) is 17.2. The number of hydrogen-bond acceptors (Lipinski definition) is 4. The summed E-state index contributed by atoms with van der Waals surface area (Å²) in [5, 5.41) is 7.15. The Morgan fingerprint density at radius 3 is 2.21 bits per heavy atom. The van der Waals surface area contributed by atoms with Crippen LogP contribution in [0.3, 0.4) is 0 Å². The van der Waals surface area contributed by atoms with Crippen molar-refractivity contribution in [3.8, 4) is 0 Å². The fourth-order valence-corrected chi connectivity index (χ4v) is 3.26. The van der Waals surface area contributed by atoms with Crippen LogP contribution >= 0.6 is 11.8 Å². The van der Waals surface area contributed by atoms with E-state index < -0.39 is 0 Å². The molecule has 0 saturated carbocycles. The number of hydrogen-bond donors (Lipinski definition) is 1. The molecule has 0 atom stereocenters. The van der Waals surface area contributed by atoms with E-state index in [-0.39, 0.29) is 5.91 Å². The minimum absolute atomic E-state index is 0.0680. The van der Waals surface area contributed by atoms with Crippen LogP contribution in [-0.4, -0.2) is 29.9 Å². The molecule has 0 aromatic heterocycles. The third kappa shape index (κ3) is 16.4. The van der Waals surface area contributed by atoms with E-state index in [0.717, 1.165) is 68.8 Å². The van der Waals surface area contributed by atoms with Gasteiger partial charge in [-0.25, -0.2) is 0 Å². The molecule has 158 valence electrons. The maximum atomic E-state index is 11.7. The third-order valence-electron chi connectivity index (χ3n) is 4.03. The Balaban J connectivity index is 1.90. The number of unbranched alkanes of at least 4 members (excludes halogenated alkanes) is 3. The lowest BCUT2D eigenvalue weighted by Crippen LogP contribution is -2.26. The first-order valence-corrected chi connectivity index (χ1v) is 11.4. The molecule has 0 bridgehead atoms. The van der Waals surface area contributed by atoms with Crippen molar-refractivity contribution in [1.29, 1.82) is 0 Å². The van der Waals surface area contributed by atoms with Crippen LogP contribution in [0.5, 0.6) is 0 Å². The minimum atomic E-state index is 0.0680. The number of aliphatic imine (C=N–C) groups is 1. The number of nitrogens with one attached hydrogen (secondary N) is 1. The summed E-state index contributed by atoms with van der Waals surface area (Å²) in [4.78, 5) is 18.7. The smallest absolute Gasteiger partial charge is 0.225 e. The molecule has 1 aliphatic rings. The fourth-order valence-electron chi connectivity index (χ4n) is 2.51. The van der Waals surface area contributed by atoms with Crippen molar-refractivity contribution in [2.45, 2.75) is 57.8 Å². The lowest BCUT2D eigenvalue weighted by Gasteiger charge is -2.02. The van der Waals surface area contributed by atoms with Crippen LogP contribution in [0.25, 0.3) is 10.4 Å². The second-order valence-corrected chi connectivity index (χ2v) is 7.60. The summed E-state index contributed by atoms with van der Waals surface area (Å²) < 4.78 is 0. The Hall–Kier alpha value is -2.24. The molecule has 0 saturated heterocycles. The van der Waals surface area contributed by atoms with Crippen molar-refractivity contribution in [3.63, 3.8) is 0 Å². The first kappa shape index (κ1) is 24.8. The van der Waals surface area contributed by atoms with Gasteiger partial charge in [0.05, 0.1) is 6.54 Å². The van der Waals surface area contributed by atoms with Crippen LogP contribution in [0.4, 0.5) is 0 Å². The molecule has 29 heavy (non-hydrogen) atoms. The van der Waals surface area contributed by atoms with Crippen LogP contribution in [0.1, 0.15) is 57.8 Å². The topological polar surface area (TPSA) is 90.2 Å². The van der Waals surface area contributed by atoms with E-state index in [9.17, 15) is 4.79 Å². The lowest BCUT2D eigenvalue weighted by molar-refractivity contribution is -0.119. The summed E-state index contributed by atoms with van der Waals surface area (Å²) in [6.07, 6.45) is 25.6. The zero-order chi connectivity index (χ0) is 20.8. The number of amides is 1. The first-order valence-electron chi connectivity index (χ1n) is 10.4. The Kier molecular flexibility index (Phi) is 16.3. The maximum absolute atomic E-state index is 11.7. The Bertz CT molecular complexity index is 646. The summed E-state index contributed by atoms with van der Waals surface area (Å²) in [5.41, 5.74) is 8.17. The van der Waals surface area contributed by atoms with Crippen LogP contribution < -0.4 is 5.32 Å². The standard InChI is InChI=1S/C22H33N5OS/c23-27-25-18-16-14-12-10-8-6-4-2-1-3-5-7-9-11-13-15-17-21(28)26-22-24-19-20-29-22/h2-5,8-11H,1,6-7,12-20H2,(H,24,26,28). The van der Waals surface area contributed by atoms with Crippen molar-refractivity contribution < 1.29 is 4.79 Å². The molecule has 0 aromatic carbocycles. The van der Waals surface area contributed by atoms with E-state index >= 15 is 0 Å². The van der Waals surface area contributed by atoms with Crippen LogP contribution in [-0.2, 0) is 4.79 Å². The van der Waals surface area contributed by atoms with Crippen molar-refractivity contribution in [2.24, 2.45) is 10.1 Å². The molecule has 0 spiro atoms. The van der Waals surface area contributed by atoms with Gasteiger partial charge in [-0.15, -0.1) is 0 Å². The van der Waals surface area contributed by atoms with Gasteiger partial charge in [0.2, 0.25) is 5.91 Å². The number of carbonyl (C=O) groups is 1. The van der Waals surface area contributed by atoms with Gasteiger partial charge in [0.25, 0.3) is 0 Å². The van der Waals surface area contributed by atoms with Crippen molar-refractivity contribution in [3.05, 3.63) is 59.1 Å². The van der Waals surface area contributed by atoms with Crippen molar-refractivity contribution >= 4 is 22.8 Å². The third-order valence-corrected chi connectivity index (χ3v) is 4.92. The predicted molar refractivity (Wildman–Crippen MR) is 125 cm³/mol. The van der Waals surface area contributed by atoms with Gasteiger partial charge in [-0.05, 0) is 56.9 Å². The molecular weight excluding hydrogens is 382 g/mol. The zero-order valence-corrected chi connectivity index (χ0v) is 18.0. The van der Waals surface area contributed by atoms with Crippen LogP contribution in [0, 0.1) is 0 Å². The molecular formula is C22H33N5OS. The number of thioether (sulfide) groups is 1. The van der Waals surface area contributed by atoms with E-state index in [1.807, 2.05) is 0 Å². The summed E-state index contributed by atoms with van der Waals surface area (Å²) >= 11 is 1.61. The largest absolute Gasteiger partial charge is 0.305 e. The molecule has 0 unspecified atom stereocenters. The van der Waals surface area contributed by atoms with Gasteiger partial charge >= 0.3 is 0 Å². The Morgan fingerprint density at radius 1 is 1.00 bits per heavy atom. The summed E-state index contributed by atoms with van der Waals surface area (Å²) in [6, 6.07) is 0. The van der Waals surface area contributed by atoms with Gasteiger partial charge in [-0.2, -0.15) is 0 Å². The Labute approximate surface area is 179 Å². The Morgan fingerprint density at radius 2 is 1.62 bits per heavy atom. The first-order chi connectivity index (χ1) is 14.3. The quantitative estimate of drug-likeness (QED) is 0.113. The molecule has 1 heterocycles. The van der Waals surface area contributed by atoms with Gasteiger partial charge in [-0.3, -0.25) is 9.79 Å². The minimum Gasteiger partial charge on any atom is -0.305 e. The molecule has 0 fully saturated rings. The molecule has 1 amide bonds. The van der Waals surface area contributed by atoms with Gasteiger partial charge in [0.15, 0.2) is 5.17 Å². The van der Waals surface area contributed by atoms with Gasteiger partial charge < -0.3 is 5.32 Å². The van der Waals surface area contributed by atoms with Gasteiger partial charge in [0.1, 0.15) is 0 Å². The fraction of sp³-hybridized carbons (Fsp3) is 0.545. The number of rotatable bonds is 15. The van der Waals surface area contributed by atoms with Crippen LogP contribution in [0.2, 0.25) is 0 Å². The highest BCUT2D eigenvalue weighted by molar-refractivity contribution is 8.14. The summed E-state index contributed by atoms with van der Waals surface area (Å²) in [7, 11) is 0. The summed E-state index contributed by atoms with van der Waals surface area (Å²) in [5.74, 6) is 1.04. The second kappa shape index (κ2) is 19.1. The monoisotopic (exact) mass is 415 g/mol. The van der Waals surface area contributed by atoms with Gasteiger partial charge in [-0.1, -0.05) is 65.5 Å². The lowest BCUT2D eigenvalue weighted by atomic mass is 10.2. The van der Waals surface area contributed by atoms with E-state index in [1.54, 1.807) is 11.8 Å². The van der Waals surface area contributed by atoms with E-state index in [1.165, 1.54) is 0 Å². The highest BCUT2D eigenvalue weighted by atomic mass is 32.2. The highest BCUT2D eigenvalue weighted by Gasteiger charge is 2.09. The van der Waals surface area contributed by atoms with Crippen molar-refractivity contribution in [2.75, 3.05) is 18.8 Å². The number of carbonyl (C=O) groups excluding carboxylic acids is 1. The van der Waals surface area contributed by atoms with E-state index in [4.69, 9.17) is 5.53 Å². The molecule has 0 radical (unpaired) electrons. The highest BCUT2D eigenvalue weighted by Crippen LogP contribution is 2.09. The average Bonchev–Trinajstić information content (AvgIpc) is 3.22. The SMILES string of the molecule is [N-]=[N+]=NCCCCC=CCC=CCC=CCC=CCCCC(=O)NC1=NCCS1. The molecule has 6 nitrogen and oxygen atoms in total. The second-order valence-electron chi connectivity index (χ2n) is 6.52. The molecule has 1 N–H and O–H groups in total. The molecule has 0 aromatic rings. The van der Waals surface area contributed by atoms with E-state index in [2.05, 4.69) is 68.9 Å². The maximum Gasteiger partial charge on any atom is 0.225 e.